The zero-order chi connectivity index (χ0) is 31.1. The number of cyclic esters (lactones) is 1. The third-order valence-corrected chi connectivity index (χ3v) is 9.02. The van der Waals surface area contributed by atoms with E-state index in [2.05, 4.69) is 17.1 Å². The fourth-order valence-corrected chi connectivity index (χ4v) is 5.85. The van der Waals surface area contributed by atoms with Crippen LogP contribution in [0, 0.1) is 17.8 Å². The van der Waals surface area contributed by atoms with Crippen molar-refractivity contribution in [1.29, 1.82) is 0 Å². The number of carbonyl (C=O) groups is 2. The minimum Gasteiger partial charge on any atom is -0.457 e. The van der Waals surface area contributed by atoms with Crippen LogP contribution in [0.25, 0.3) is 0 Å². The van der Waals surface area contributed by atoms with Gasteiger partial charge in [0.15, 0.2) is 5.78 Å². The second-order valence-electron chi connectivity index (χ2n) is 13.0. The van der Waals surface area contributed by atoms with Gasteiger partial charge in [0.2, 0.25) is 0 Å². The second-order valence-corrected chi connectivity index (χ2v) is 13.0. The van der Waals surface area contributed by atoms with Crippen molar-refractivity contribution in [1.82, 2.24) is 15.1 Å². The van der Waals surface area contributed by atoms with E-state index in [4.69, 9.17) is 9.47 Å². The number of halogens is 1. The summed E-state index contributed by atoms with van der Waals surface area (Å²) in [7, 11) is 5.95. The van der Waals surface area contributed by atoms with Gasteiger partial charge in [-0.1, -0.05) is 27.7 Å². The molecule has 0 aromatic rings. The number of aliphatic hydroxyl groups is 2. The largest absolute Gasteiger partial charge is 0.457 e. The first kappa shape index (κ1) is 36.9. The van der Waals surface area contributed by atoms with Crippen LogP contribution in [0.3, 0.4) is 0 Å². The van der Waals surface area contributed by atoms with Crippen LogP contribution in [-0.4, -0.2) is 121 Å². The van der Waals surface area contributed by atoms with Gasteiger partial charge in [0.05, 0.1) is 12.2 Å². The van der Waals surface area contributed by atoms with Crippen LogP contribution in [0.2, 0.25) is 0 Å². The fourth-order valence-electron chi connectivity index (χ4n) is 5.85. The molecule has 1 rings (SSSR count). The minimum atomic E-state index is -2.93. The summed E-state index contributed by atoms with van der Waals surface area (Å²) in [5.41, 5.74) is -5.58. The summed E-state index contributed by atoms with van der Waals surface area (Å²) in [4.78, 5) is 30.6. The van der Waals surface area contributed by atoms with Crippen molar-refractivity contribution >= 4 is 11.8 Å². The average Bonchev–Trinajstić information content (AvgIpc) is 2.87. The number of likely N-dealkylation sites (N-methyl/N-ethyl adjacent to an activating group) is 1. The maximum atomic E-state index is 15.9. The smallest absolute Gasteiger partial charge is 0.351 e. The Balaban J connectivity index is 3.32. The molecule has 0 amide bonds. The van der Waals surface area contributed by atoms with Gasteiger partial charge >= 0.3 is 5.97 Å². The molecule has 40 heavy (non-hydrogen) atoms. The lowest BCUT2D eigenvalue weighted by atomic mass is 9.72. The quantitative estimate of drug-likeness (QED) is 0.217. The van der Waals surface area contributed by atoms with Crippen LogP contribution in [-0.2, 0) is 19.1 Å². The Morgan fingerprint density at radius 3 is 2.30 bits per heavy atom. The van der Waals surface area contributed by atoms with Crippen molar-refractivity contribution in [2.24, 2.45) is 17.8 Å². The minimum absolute atomic E-state index is 0.0779. The summed E-state index contributed by atoms with van der Waals surface area (Å²) in [6.45, 7) is 16.8. The van der Waals surface area contributed by atoms with E-state index in [-0.39, 0.29) is 12.3 Å². The molecule has 10 heteroatoms. The molecule has 3 N–H and O–H groups in total. The molecule has 9 nitrogen and oxygen atoms in total. The van der Waals surface area contributed by atoms with Gasteiger partial charge in [-0.05, 0) is 93.0 Å². The van der Waals surface area contributed by atoms with Gasteiger partial charge in [-0.15, -0.1) is 0 Å². The number of ketones is 1. The summed E-state index contributed by atoms with van der Waals surface area (Å²) < 4.78 is 27.8. The maximum absolute atomic E-state index is 15.9. The Morgan fingerprint density at radius 2 is 1.75 bits per heavy atom. The summed E-state index contributed by atoms with van der Waals surface area (Å²) in [6.07, 6.45) is -0.790. The first-order chi connectivity index (χ1) is 18.3. The lowest BCUT2D eigenvalue weighted by molar-refractivity contribution is -0.196. The normalized spacial score (nSPS) is 39.6. The molecule has 1 heterocycles. The van der Waals surface area contributed by atoms with E-state index in [1.807, 2.05) is 39.9 Å². The molecule has 0 aromatic heterocycles. The number of alkyl halides is 1. The van der Waals surface area contributed by atoms with Gasteiger partial charge in [0.25, 0.3) is 5.67 Å². The van der Waals surface area contributed by atoms with Crippen LogP contribution in [0.5, 0.6) is 0 Å². The number of hydrogen-bond donors (Lipinski definition) is 3. The number of esters is 1. The van der Waals surface area contributed by atoms with Crippen LogP contribution >= 0.6 is 0 Å². The molecule has 0 spiro atoms. The maximum Gasteiger partial charge on any atom is 0.351 e. The molecular formula is C30H58FN3O6. The number of rotatable bonds is 9. The number of Topliss-reactive ketones (excluding diaryl/α,β-unsaturated/α-hetero) is 1. The number of hydrogen-bond acceptors (Lipinski definition) is 9. The third kappa shape index (κ3) is 9.42. The number of carbonyl (C=O) groups excluding carboxylic acids is 2. The highest BCUT2D eigenvalue weighted by Crippen LogP contribution is 2.38. The van der Waals surface area contributed by atoms with E-state index in [0.717, 1.165) is 26.4 Å². The highest BCUT2D eigenvalue weighted by molar-refractivity contribution is 6.07. The van der Waals surface area contributed by atoms with E-state index in [9.17, 15) is 19.8 Å². The van der Waals surface area contributed by atoms with Gasteiger partial charge in [-0.25, -0.2) is 9.18 Å². The lowest BCUT2D eigenvalue weighted by Crippen LogP contribution is -2.59. The Morgan fingerprint density at radius 1 is 1.15 bits per heavy atom. The fraction of sp³-hybridized carbons (Fsp3) is 0.933. The average molecular weight is 576 g/mol. The molecule has 0 aromatic carbocycles. The van der Waals surface area contributed by atoms with Crippen LogP contribution in [0.1, 0.15) is 74.7 Å². The number of ether oxygens (including phenoxy) is 2. The van der Waals surface area contributed by atoms with E-state index >= 15 is 4.39 Å². The Kier molecular flexibility index (Phi) is 14.1. The molecule has 1 fully saturated rings. The Labute approximate surface area is 242 Å². The van der Waals surface area contributed by atoms with Crippen LogP contribution < -0.4 is 5.32 Å². The van der Waals surface area contributed by atoms with Crippen molar-refractivity contribution < 1.29 is 33.7 Å². The van der Waals surface area contributed by atoms with Crippen molar-refractivity contribution in [3.8, 4) is 0 Å². The van der Waals surface area contributed by atoms with Crippen molar-refractivity contribution in [3.63, 3.8) is 0 Å². The second kappa shape index (κ2) is 15.3. The molecule has 236 valence electrons. The van der Waals surface area contributed by atoms with Crippen LogP contribution in [0.4, 0.5) is 4.39 Å². The number of nitrogens with one attached hydrogen (secondary N) is 1. The molecule has 1 saturated heterocycles. The molecule has 9 atom stereocenters. The summed E-state index contributed by atoms with van der Waals surface area (Å²) in [5, 5.41) is 25.8. The summed E-state index contributed by atoms with van der Waals surface area (Å²) in [6, 6.07) is -0.497. The van der Waals surface area contributed by atoms with E-state index in [1.54, 1.807) is 20.8 Å². The highest BCUT2D eigenvalue weighted by Gasteiger charge is 2.52. The summed E-state index contributed by atoms with van der Waals surface area (Å²) >= 11 is 0. The summed E-state index contributed by atoms with van der Waals surface area (Å²) in [5.74, 6) is -3.42. The van der Waals surface area contributed by atoms with Crippen molar-refractivity contribution in [2.45, 2.75) is 110 Å². The van der Waals surface area contributed by atoms with Crippen LogP contribution in [0.15, 0.2) is 0 Å². The third-order valence-electron chi connectivity index (χ3n) is 9.02. The molecule has 0 aliphatic carbocycles. The SMILES string of the molecule is CCC1OC(=O)C(C)(F)C(=O)C(C)C(C)C(C)(OCCNCCCN(C)C)CC(C)CN(C)C(C)C(O)C1(C)O. The van der Waals surface area contributed by atoms with Gasteiger partial charge in [-0.3, -0.25) is 4.79 Å². The first-order valence-corrected chi connectivity index (χ1v) is 14.9. The molecule has 1 aliphatic heterocycles. The van der Waals surface area contributed by atoms with Crippen molar-refractivity contribution in [2.75, 3.05) is 53.9 Å². The predicted molar refractivity (Wildman–Crippen MR) is 156 cm³/mol. The van der Waals surface area contributed by atoms with Gasteiger partial charge in [0, 0.05) is 25.0 Å². The van der Waals surface area contributed by atoms with Gasteiger partial charge < -0.3 is 34.8 Å². The van der Waals surface area contributed by atoms with E-state index in [0.29, 0.717) is 26.1 Å². The van der Waals surface area contributed by atoms with E-state index in [1.165, 1.54) is 6.92 Å². The number of nitrogens with zero attached hydrogens (tertiary/aromatic N) is 2. The predicted octanol–water partition coefficient (Wildman–Crippen LogP) is 2.67. The molecule has 0 radical (unpaired) electrons. The van der Waals surface area contributed by atoms with Gasteiger partial charge in [0.1, 0.15) is 17.8 Å². The lowest BCUT2D eigenvalue weighted by Gasteiger charge is -2.43. The topological polar surface area (TPSA) is 112 Å². The molecule has 9 unspecified atom stereocenters. The monoisotopic (exact) mass is 575 g/mol. The molecule has 0 bridgehead atoms. The Bertz CT molecular complexity index is 810. The van der Waals surface area contributed by atoms with E-state index < -0.39 is 58.7 Å². The Hall–Kier alpha value is -1.17. The van der Waals surface area contributed by atoms with Crippen molar-refractivity contribution in [3.05, 3.63) is 0 Å². The molecule has 0 saturated carbocycles. The zero-order valence-corrected chi connectivity index (χ0v) is 26.9. The molecule has 1 aliphatic rings. The standard InChI is InChI=1S/C30H58FN3O6/c1-12-24-30(8,38)26(36)23(5)34(11)19-20(2)18-28(6,39-17-15-32-14-13-16-33(9)10)22(4)21(3)25(35)29(7,31)27(37)40-24/h20-24,26,32,36,38H,12-19H2,1-11H3. The zero-order valence-electron chi connectivity index (χ0n) is 26.9. The molecular weight excluding hydrogens is 517 g/mol. The first-order valence-electron chi connectivity index (χ1n) is 14.9. The highest BCUT2D eigenvalue weighted by atomic mass is 19.1. The van der Waals surface area contributed by atoms with Gasteiger partial charge in [-0.2, -0.15) is 0 Å². The number of aliphatic hydroxyl groups excluding tert-OH is 1.